The van der Waals surface area contributed by atoms with Gasteiger partial charge >= 0.3 is 11.7 Å². The number of nitrogens with zero attached hydrogens (tertiary/aromatic N) is 3. The molecule has 1 aromatic carbocycles. The third-order valence-corrected chi connectivity index (χ3v) is 4.40. The molecule has 1 aliphatic heterocycles. The summed E-state index contributed by atoms with van der Waals surface area (Å²) in [6.45, 7) is 4.18. The van der Waals surface area contributed by atoms with E-state index >= 15 is 0 Å². The number of esters is 1. The molecule has 7 nitrogen and oxygen atoms in total. The molecule has 1 aliphatic rings. The molecule has 1 saturated heterocycles. The zero-order valence-electron chi connectivity index (χ0n) is 14.4. The van der Waals surface area contributed by atoms with Crippen molar-refractivity contribution in [1.29, 1.82) is 5.39 Å². The number of hydrogen-bond acceptors (Lipinski definition) is 5. The number of aliphatic hydroxyl groups is 1. The fraction of sp³-hybridized carbons (Fsp3) is 0.444. The minimum absolute atomic E-state index is 0.0654. The van der Waals surface area contributed by atoms with Crippen molar-refractivity contribution < 1.29 is 19.4 Å². The number of piperidine rings is 1. The number of likely N-dealkylation sites (tertiary alicyclic amines) is 1. The molecule has 0 aromatic heterocycles. The molecule has 1 amide bonds. The van der Waals surface area contributed by atoms with Crippen LogP contribution in [0.4, 0.5) is 0 Å². The molecule has 0 saturated carbocycles. The van der Waals surface area contributed by atoms with E-state index in [1.54, 1.807) is 18.7 Å². The minimum atomic E-state index is -1.33. The Morgan fingerprint density at radius 3 is 2.68 bits per heavy atom. The molecule has 0 spiro atoms. The normalized spacial score (nSPS) is 21.3. The summed E-state index contributed by atoms with van der Waals surface area (Å²) in [7, 11) is 0. The highest BCUT2D eigenvalue weighted by molar-refractivity contribution is 5.94. The van der Waals surface area contributed by atoms with Gasteiger partial charge in [-0.1, -0.05) is 30.3 Å². The molecule has 7 heteroatoms. The van der Waals surface area contributed by atoms with E-state index in [1.165, 1.54) is 0 Å². The first-order valence-corrected chi connectivity index (χ1v) is 8.23. The van der Waals surface area contributed by atoms with Gasteiger partial charge in [-0.3, -0.25) is 4.79 Å². The van der Waals surface area contributed by atoms with Crippen molar-refractivity contribution in [2.24, 2.45) is 5.41 Å². The Kier molecular flexibility index (Phi) is 5.75. The van der Waals surface area contributed by atoms with Crippen LogP contribution in [0.1, 0.15) is 32.3 Å². The van der Waals surface area contributed by atoms with E-state index in [0.29, 0.717) is 25.9 Å². The molecule has 1 aromatic rings. The lowest BCUT2D eigenvalue weighted by molar-refractivity contribution is -0.145. The number of diazo groups is 1. The zero-order chi connectivity index (χ0) is 18.4. The minimum Gasteiger partial charge on any atom is -0.504 e. The van der Waals surface area contributed by atoms with Gasteiger partial charge in [-0.25, -0.2) is 4.79 Å². The van der Waals surface area contributed by atoms with Crippen LogP contribution in [0.15, 0.2) is 41.8 Å². The van der Waals surface area contributed by atoms with E-state index in [2.05, 4.69) is 4.98 Å². The van der Waals surface area contributed by atoms with Gasteiger partial charge in [0.05, 0.1) is 6.61 Å². The Balaban J connectivity index is 2.31. The van der Waals surface area contributed by atoms with Crippen LogP contribution in [0.5, 0.6) is 0 Å². The molecule has 0 radical (unpaired) electrons. The van der Waals surface area contributed by atoms with E-state index in [9.17, 15) is 14.7 Å². The van der Waals surface area contributed by atoms with Crippen LogP contribution in [-0.4, -0.2) is 35.0 Å². The SMILES string of the molecule is CCOC(=O)/C([N+]#N)=C(\O)C1(C)CCCN(Cc2ccccc2)C1=O. The third kappa shape index (κ3) is 3.79. The van der Waals surface area contributed by atoms with E-state index in [-0.39, 0.29) is 12.5 Å². The van der Waals surface area contributed by atoms with Crippen LogP contribution in [0.3, 0.4) is 0 Å². The predicted octanol–water partition coefficient (Wildman–Crippen LogP) is 3.00. The molecule has 1 atom stereocenters. The van der Waals surface area contributed by atoms with Crippen molar-refractivity contribution in [3.8, 4) is 0 Å². The Hall–Kier alpha value is -2.88. The molecule has 1 unspecified atom stereocenters. The maximum Gasteiger partial charge on any atom is 0.506 e. The maximum absolute atomic E-state index is 13.0. The molecule has 0 bridgehead atoms. The zero-order valence-corrected chi connectivity index (χ0v) is 14.4. The number of hydrogen-bond donors (Lipinski definition) is 1. The molecular weight excluding hydrogens is 322 g/mol. The van der Waals surface area contributed by atoms with Gasteiger partial charge in [-0.2, -0.15) is 0 Å². The van der Waals surface area contributed by atoms with E-state index in [0.717, 1.165) is 5.56 Å². The number of benzene rings is 1. The highest BCUT2D eigenvalue weighted by atomic mass is 16.5. The first-order chi connectivity index (χ1) is 11.9. The maximum atomic E-state index is 13.0. The molecule has 132 valence electrons. The Morgan fingerprint density at radius 2 is 2.08 bits per heavy atom. The van der Waals surface area contributed by atoms with Crippen LogP contribution in [-0.2, 0) is 20.9 Å². The highest BCUT2D eigenvalue weighted by Gasteiger charge is 2.50. The van der Waals surface area contributed by atoms with Gasteiger partial charge in [0.2, 0.25) is 17.1 Å². The summed E-state index contributed by atoms with van der Waals surface area (Å²) in [6, 6.07) is 9.52. The van der Waals surface area contributed by atoms with Gasteiger partial charge in [-0.05, 0) is 32.3 Å². The van der Waals surface area contributed by atoms with E-state index < -0.39 is 22.8 Å². The molecule has 1 N–H and O–H groups in total. The standard InChI is InChI=1S/C18H21N3O4/c1-3-25-16(23)14(20-19)15(22)18(2)10-7-11-21(17(18)24)12-13-8-5-4-6-9-13/h4-6,8-9H,3,7,10-12H2,1-2H3/p+1. The number of aliphatic hydroxyl groups excluding tert-OH is 1. The number of amides is 1. The lowest BCUT2D eigenvalue weighted by Crippen LogP contribution is -2.48. The van der Waals surface area contributed by atoms with Gasteiger partial charge in [0.1, 0.15) is 5.41 Å². The van der Waals surface area contributed by atoms with Crippen molar-refractivity contribution in [2.45, 2.75) is 33.2 Å². The van der Waals surface area contributed by atoms with Crippen molar-refractivity contribution in [3.63, 3.8) is 0 Å². The largest absolute Gasteiger partial charge is 0.506 e. The number of carbonyl (C=O) groups is 2. The van der Waals surface area contributed by atoms with Crippen molar-refractivity contribution in [3.05, 3.63) is 52.3 Å². The number of ether oxygens (including phenoxy) is 1. The highest BCUT2D eigenvalue weighted by Crippen LogP contribution is 2.39. The molecule has 0 aliphatic carbocycles. The monoisotopic (exact) mass is 344 g/mol. The average Bonchev–Trinajstić information content (AvgIpc) is 2.61. The summed E-state index contributed by atoms with van der Waals surface area (Å²) >= 11 is 0. The summed E-state index contributed by atoms with van der Waals surface area (Å²) in [5, 5.41) is 19.6. The summed E-state index contributed by atoms with van der Waals surface area (Å²) < 4.78 is 4.77. The quantitative estimate of drug-likeness (QED) is 0.383. The lowest BCUT2D eigenvalue weighted by atomic mass is 9.78. The van der Waals surface area contributed by atoms with Crippen LogP contribution >= 0.6 is 0 Å². The van der Waals surface area contributed by atoms with E-state index in [1.807, 2.05) is 30.3 Å². The van der Waals surface area contributed by atoms with Crippen LogP contribution in [0.25, 0.3) is 4.98 Å². The van der Waals surface area contributed by atoms with Crippen LogP contribution in [0.2, 0.25) is 0 Å². The number of rotatable bonds is 5. The molecule has 1 heterocycles. The third-order valence-electron chi connectivity index (χ3n) is 4.40. The van der Waals surface area contributed by atoms with Crippen LogP contribution < -0.4 is 0 Å². The van der Waals surface area contributed by atoms with Crippen LogP contribution in [0, 0.1) is 10.8 Å². The second-order valence-electron chi connectivity index (χ2n) is 6.17. The summed E-state index contributed by atoms with van der Waals surface area (Å²) in [4.78, 5) is 29.3. The van der Waals surface area contributed by atoms with Gasteiger partial charge in [0.25, 0.3) is 0 Å². The topological polar surface area (TPSA) is 95.0 Å². The first-order valence-electron chi connectivity index (χ1n) is 8.23. The van der Waals surface area contributed by atoms with Crippen molar-refractivity contribution in [2.75, 3.05) is 13.2 Å². The van der Waals surface area contributed by atoms with Gasteiger partial charge < -0.3 is 14.7 Å². The predicted molar refractivity (Wildman–Crippen MR) is 90.6 cm³/mol. The molecule has 25 heavy (non-hydrogen) atoms. The second-order valence-corrected chi connectivity index (χ2v) is 6.17. The van der Waals surface area contributed by atoms with E-state index in [4.69, 9.17) is 10.1 Å². The molecular formula is C18H22N3O4+. The fourth-order valence-electron chi connectivity index (χ4n) is 3.00. The summed E-state index contributed by atoms with van der Waals surface area (Å²) in [6.07, 6.45) is 1.00. The second kappa shape index (κ2) is 7.79. The molecule has 2 rings (SSSR count). The Labute approximate surface area is 146 Å². The molecule has 1 fully saturated rings. The average molecular weight is 344 g/mol. The van der Waals surface area contributed by atoms with Crippen molar-refractivity contribution in [1.82, 2.24) is 4.90 Å². The lowest BCUT2D eigenvalue weighted by Gasteiger charge is -2.38. The van der Waals surface area contributed by atoms with Gasteiger partial charge in [-0.15, -0.1) is 0 Å². The Morgan fingerprint density at radius 1 is 1.40 bits per heavy atom. The van der Waals surface area contributed by atoms with Crippen molar-refractivity contribution >= 4 is 11.9 Å². The summed E-state index contributed by atoms with van der Waals surface area (Å²) in [5.41, 5.74) is -0.984. The van der Waals surface area contributed by atoms with Gasteiger partial charge in [0, 0.05) is 13.1 Å². The fourth-order valence-corrected chi connectivity index (χ4v) is 3.00. The smallest absolute Gasteiger partial charge is 0.504 e. The van der Waals surface area contributed by atoms with Gasteiger partial charge in [0.15, 0.2) is 4.98 Å². The first kappa shape index (κ1) is 18.5. The summed E-state index contributed by atoms with van der Waals surface area (Å²) in [5.74, 6) is -1.83. The Bertz CT molecular complexity index is 724. The number of carbonyl (C=O) groups excluding carboxylic acids is 2.